The number of carbonyl (C=O) groups is 1. The molecule has 4 nitrogen and oxygen atoms in total. The topological polar surface area (TPSA) is 64.3 Å². The van der Waals surface area contributed by atoms with Gasteiger partial charge in [0.05, 0.1) is 5.69 Å². The summed E-state index contributed by atoms with van der Waals surface area (Å²) >= 11 is 3.40. The molecule has 1 amide bonds. The second-order valence-electron chi connectivity index (χ2n) is 4.63. The lowest BCUT2D eigenvalue weighted by atomic mass is 10.0. The van der Waals surface area contributed by atoms with Crippen molar-refractivity contribution in [3.05, 3.63) is 52.5 Å². The van der Waals surface area contributed by atoms with Crippen LogP contribution in [-0.2, 0) is 4.79 Å². The summed E-state index contributed by atoms with van der Waals surface area (Å²) in [5, 5.41) is 2.89. The highest BCUT2D eigenvalue weighted by molar-refractivity contribution is 9.10. The first-order valence-corrected chi connectivity index (χ1v) is 7.02. The van der Waals surface area contributed by atoms with Gasteiger partial charge in [0.15, 0.2) is 0 Å². The second-order valence-corrected chi connectivity index (χ2v) is 5.48. The van der Waals surface area contributed by atoms with Crippen LogP contribution in [0.3, 0.4) is 0 Å². The van der Waals surface area contributed by atoms with Gasteiger partial charge in [0.1, 0.15) is 18.3 Å². The van der Waals surface area contributed by atoms with Crippen molar-refractivity contribution in [2.24, 2.45) is 0 Å². The first kappa shape index (κ1) is 13.0. The molecule has 3 rings (SSSR count). The number of carbonyl (C=O) groups excluding carboxylic acids is 1. The van der Waals surface area contributed by atoms with E-state index in [9.17, 15) is 4.79 Å². The van der Waals surface area contributed by atoms with Gasteiger partial charge in [-0.3, -0.25) is 4.79 Å². The number of fused-ring (bicyclic) bond motifs is 1. The molecule has 2 aromatic carbocycles. The highest BCUT2D eigenvalue weighted by Crippen LogP contribution is 2.35. The Kier molecular flexibility index (Phi) is 3.36. The van der Waals surface area contributed by atoms with Crippen LogP contribution < -0.4 is 15.8 Å². The van der Waals surface area contributed by atoms with Gasteiger partial charge in [-0.15, -0.1) is 0 Å². The lowest BCUT2D eigenvalue weighted by molar-refractivity contribution is -0.117. The SMILES string of the molecule is Nc1ccc(Br)c(NC(=O)C2COc3ccccc32)c1. The molecule has 1 atom stereocenters. The lowest BCUT2D eigenvalue weighted by Gasteiger charge is -2.12. The number of nitrogen functional groups attached to an aromatic ring is 1. The van der Waals surface area contributed by atoms with Crippen LogP contribution in [0.25, 0.3) is 0 Å². The van der Waals surface area contributed by atoms with Crippen LogP contribution in [0.4, 0.5) is 11.4 Å². The predicted molar refractivity (Wildman–Crippen MR) is 81.9 cm³/mol. The summed E-state index contributed by atoms with van der Waals surface area (Å²) < 4.78 is 6.33. The van der Waals surface area contributed by atoms with Gasteiger partial charge in [0.25, 0.3) is 0 Å². The number of halogens is 1. The maximum atomic E-state index is 12.4. The van der Waals surface area contributed by atoms with Crippen molar-refractivity contribution in [1.82, 2.24) is 0 Å². The molecule has 1 unspecified atom stereocenters. The fourth-order valence-electron chi connectivity index (χ4n) is 2.24. The van der Waals surface area contributed by atoms with Crippen molar-refractivity contribution in [1.29, 1.82) is 0 Å². The van der Waals surface area contributed by atoms with E-state index >= 15 is 0 Å². The van der Waals surface area contributed by atoms with E-state index < -0.39 is 0 Å². The molecule has 3 N–H and O–H groups in total. The number of hydrogen-bond donors (Lipinski definition) is 2. The van der Waals surface area contributed by atoms with Crippen molar-refractivity contribution >= 4 is 33.2 Å². The molecule has 0 aliphatic carbocycles. The summed E-state index contributed by atoms with van der Waals surface area (Å²) in [4.78, 5) is 12.4. The summed E-state index contributed by atoms with van der Waals surface area (Å²) in [6.45, 7) is 0.366. The molecule has 20 heavy (non-hydrogen) atoms. The third kappa shape index (κ3) is 2.36. The Morgan fingerprint density at radius 1 is 1.30 bits per heavy atom. The van der Waals surface area contributed by atoms with E-state index in [-0.39, 0.29) is 11.8 Å². The van der Waals surface area contributed by atoms with Gasteiger partial charge in [0.2, 0.25) is 5.91 Å². The van der Waals surface area contributed by atoms with Crippen LogP contribution in [0.1, 0.15) is 11.5 Å². The van der Waals surface area contributed by atoms with Crippen LogP contribution >= 0.6 is 15.9 Å². The Morgan fingerprint density at radius 3 is 2.95 bits per heavy atom. The standard InChI is InChI=1S/C15H13BrN2O2/c16-12-6-5-9(17)7-13(12)18-15(19)11-8-20-14-4-2-1-3-10(11)14/h1-7,11H,8,17H2,(H,18,19). The molecule has 0 spiro atoms. The summed E-state index contributed by atoms with van der Waals surface area (Å²) in [7, 11) is 0. The van der Waals surface area contributed by atoms with Crippen LogP contribution in [-0.4, -0.2) is 12.5 Å². The fourth-order valence-corrected chi connectivity index (χ4v) is 2.58. The monoisotopic (exact) mass is 332 g/mol. The number of benzene rings is 2. The highest BCUT2D eigenvalue weighted by atomic mass is 79.9. The summed E-state index contributed by atoms with van der Waals surface area (Å²) in [6.07, 6.45) is 0. The molecule has 0 aromatic heterocycles. The van der Waals surface area contributed by atoms with Gasteiger partial charge in [-0.2, -0.15) is 0 Å². The van der Waals surface area contributed by atoms with E-state index in [1.165, 1.54) is 0 Å². The summed E-state index contributed by atoms with van der Waals surface area (Å²) in [5.41, 5.74) is 7.93. The maximum Gasteiger partial charge on any atom is 0.235 e. The third-order valence-corrected chi connectivity index (χ3v) is 3.96. The number of rotatable bonds is 2. The van der Waals surface area contributed by atoms with E-state index in [4.69, 9.17) is 10.5 Å². The Bertz CT molecular complexity index is 673. The van der Waals surface area contributed by atoms with Crippen molar-refractivity contribution in [3.8, 4) is 5.75 Å². The van der Waals surface area contributed by atoms with E-state index in [0.717, 1.165) is 15.8 Å². The van der Waals surface area contributed by atoms with E-state index in [1.807, 2.05) is 30.3 Å². The van der Waals surface area contributed by atoms with E-state index in [0.29, 0.717) is 18.0 Å². The zero-order chi connectivity index (χ0) is 14.1. The molecule has 2 aromatic rings. The molecule has 0 bridgehead atoms. The third-order valence-electron chi connectivity index (χ3n) is 3.26. The predicted octanol–water partition coefficient (Wildman–Crippen LogP) is 3.15. The van der Waals surface area contributed by atoms with Gasteiger partial charge >= 0.3 is 0 Å². The molecule has 1 aliphatic heterocycles. The minimum absolute atomic E-state index is 0.0961. The molecule has 5 heteroatoms. The smallest absolute Gasteiger partial charge is 0.235 e. The minimum Gasteiger partial charge on any atom is -0.492 e. The first-order chi connectivity index (χ1) is 9.65. The molecular weight excluding hydrogens is 320 g/mol. The molecule has 0 saturated carbocycles. The Hall–Kier alpha value is -2.01. The molecule has 1 heterocycles. The van der Waals surface area contributed by atoms with Crippen molar-refractivity contribution in [3.63, 3.8) is 0 Å². The second kappa shape index (κ2) is 5.17. The number of amides is 1. The van der Waals surface area contributed by atoms with Gasteiger partial charge in [-0.25, -0.2) is 0 Å². The number of hydrogen-bond acceptors (Lipinski definition) is 3. The van der Waals surface area contributed by atoms with Crippen LogP contribution in [0.2, 0.25) is 0 Å². The van der Waals surface area contributed by atoms with Gasteiger partial charge < -0.3 is 15.8 Å². The van der Waals surface area contributed by atoms with Crippen LogP contribution in [0, 0.1) is 0 Å². The molecule has 0 radical (unpaired) electrons. The molecule has 102 valence electrons. The zero-order valence-electron chi connectivity index (χ0n) is 10.6. The van der Waals surface area contributed by atoms with Crippen molar-refractivity contribution < 1.29 is 9.53 Å². The van der Waals surface area contributed by atoms with E-state index in [1.54, 1.807) is 12.1 Å². The molecular formula is C15H13BrN2O2. The molecule has 0 fully saturated rings. The number of ether oxygens (including phenoxy) is 1. The maximum absolute atomic E-state index is 12.4. The Balaban J connectivity index is 1.83. The van der Waals surface area contributed by atoms with Gasteiger partial charge in [-0.05, 0) is 40.2 Å². The normalized spacial score (nSPS) is 16.4. The average Bonchev–Trinajstić information content (AvgIpc) is 2.87. The summed E-state index contributed by atoms with van der Waals surface area (Å²) in [6, 6.07) is 12.9. The fraction of sp³-hybridized carbons (Fsp3) is 0.133. The van der Waals surface area contributed by atoms with Crippen LogP contribution in [0.15, 0.2) is 46.9 Å². The highest BCUT2D eigenvalue weighted by Gasteiger charge is 2.30. The number of para-hydroxylation sites is 1. The minimum atomic E-state index is -0.292. The van der Waals surface area contributed by atoms with Crippen molar-refractivity contribution in [2.75, 3.05) is 17.7 Å². The van der Waals surface area contributed by atoms with Gasteiger partial charge in [0, 0.05) is 15.7 Å². The van der Waals surface area contributed by atoms with Gasteiger partial charge in [-0.1, -0.05) is 18.2 Å². The number of anilines is 2. The molecule has 1 aliphatic rings. The Labute approximate surface area is 125 Å². The quantitative estimate of drug-likeness (QED) is 0.830. The largest absolute Gasteiger partial charge is 0.492 e. The number of nitrogens with one attached hydrogen (secondary N) is 1. The average molecular weight is 333 g/mol. The van der Waals surface area contributed by atoms with Crippen molar-refractivity contribution in [2.45, 2.75) is 5.92 Å². The lowest BCUT2D eigenvalue weighted by Crippen LogP contribution is -2.22. The zero-order valence-corrected chi connectivity index (χ0v) is 12.2. The first-order valence-electron chi connectivity index (χ1n) is 6.23. The van der Waals surface area contributed by atoms with E-state index in [2.05, 4.69) is 21.2 Å². The summed E-state index contributed by atoms with van der Waals surface area (Å²) in [5.74, 6) is 0.389. The molecule has 0 saturated heterocycles. The number of nitrogens with two attached hydrogens (primary N) is 1. The van der Waals surface area contributed by atoms with Crippen LogP contribution in [0.5, 0.6) is 5.75 Å². The Morgan fingerprint density at radius 2 is 2.10 bits per heavy atom.